The summed E-state index contributed by atoms with van der Waals surface area (Å²) < 4.78 is 18.9. The van der Waals surface area contributed by atoms with Crippen LogP contribution in [0.4, 0.5) is 4.39 Å². The Kier molecular flexibility index (Phi) is 3.23. The van der Waals surface area contributed by atoms with E-state index in [-0.39, 0.29) is 17.5 Å². The zero-order valence-electron chi connectivity index (χ0n) is 10.0. The smallest absolute Gasteiger partial charge is 0.258 e. The third-order valence-corrected chi connectivity index (χ3v) is 3.37. The van der Waals surface area contributed by atoms with Crippen LogP contribution in [0.15, 0.2) is 51.5 Å². The van der Waals surface area contributed by atoms with E-state index in [0.29, 0.717) is 21.4 Å². The van der Waals surface area contributed by atoms with E-state index in [4.69, 9.17) is 4.52 Å². The molecule has 1 N–H and O–H groups in total. The fraction of sp³-hybridized carbons (Fsp3) is 0. The summed E-state index contributed by atoms with van der Waals surface area (Å²) in [5.41, 5.74) is 1.11. The van der Waals surface area contributed by atoms with E-state index in [0.717, 1.165) is 0 Å². The van der Waals surface area contributed by atoms with Crippen molar-refractivity contribution in [3.05, 3.63) is 52.8 Å². The van der Waals surface area contributed by atoms with Crippen molar-refractivity contribution < 1.29 is 14.0 Å². The lowest BCUT2D eigenvalue weighted by Gasteiger charge is -1.98. The minimum atomic E-state index is -0.366. The first-order valence-electron chi connectivity index (χ1n) is 5.72. The van der Waals surface area contributed by atoms with Crippen molar-refractivity contribution in [2.24, 2.45) is 0 Å². The summed E-state index contributed by atoms with van der Waals surface area (Å²) in [6.07, 6.45) is 0. The molecule has 0 unspecified atom stereocenters. The van der Waals surface area contributed by atoms with Crippen LogP contribution >= 0.6 is 15.9 Å². The maximum absolute atomic E-state index is 13.2. The van der Waals surface area contributed by atoms with E-state index in [1.807, 2.05) is 0 Å². The normalized spacial score (nSPS) is 10.7. The molecule has 0 radical (unpaired) electrons. The zero-order chi connectivity index (χ0) is 14.1. The molecule has 0 amide bonds. The minimum Gasteiger partial charge on any atom is -0.507 e. The Morgan fingerprint density at radius 1 is 1.10 bits per heavy atom. The van der Waals surface area contributed by atoms with Gasteiger partial charge in [-0.15, -0.1) is 0 Å². The van der Waals surface area contributed by atoms with Gasteiger partial charge in [0.05, 0.1) is 4.47 Å². The van der Waals surface area contributed by atoms with E-state index in [9.17, 15) is 9.50 Å². The first-order valence-corrected chi connectivity index (χ1v) is 6.51. The molecule has 2 aromatic carbocycles. The molecule has 0 saturated carbocycles. The van der Waals surface area contributed by atoms with Crippen LogP contribution in [0.25, 0.3) is 22.8 Å². The number of nitrogens with zero attached hydrogens (tertiary/aromatic N) is 2. The van der Waals surface area contributed by atoms with Gasteiger partial charge in [-0.3, -0.25) is 0 Å². The summed E-state index contributed by atoms with van der Waals surface area (Å²) in [6, 6.07) is 10.9. The molecule has 1 heterocycles. The van der Waals surface area contributed by atoms with Crippen molar-refractivity contribution in [2.75, 3.05) is 0 Å². The van der Waals surface area contributed by atoms with Gasteiger partial charge in [0.15, 0.2) is 0 Å². The summed E-state index contributed by atoms with van der Waals surface area (Å²) in [5.74, 6) is 0.261. The molecule has 3 aromatic rings. The molecule has 4 nitrogen and oxygen atoms in total. The molecule has 0 aliphatic carbocycles. The van der Waals surface area contributed by atoms with Crippen molar-refractivity contribution >= 4 is 15.9 Å². The molecule has 0 aliphatic heterocycles. The van der Waals surface area contributed by atoms with Crippen LogP contribution in [0, 0.1) is 5.82 Å². The molecule has 6 heteroatoms. The van der Waals surface area contributed by atoms with Crippen LogP contribution in [0.2, 0.25) is 0 Å². The van der Waals surface area contributed by atoms with E-state index in [1.165, 1.54) is 18.2 Å². The highest BCUT2D eigenvalue weighted by molar-refractivity contribution is 9.10. The minimum absolute atomic E-state index is 0.0769. The van der Waals surface area contributed by atoms with Gasteiger partial charge in [0.2, 0.25) is 5.82 Å². The predicted molar refractivity (Wildman–Crippen MR) is 74.5 cm³/mol. The molecule has 0 spiro atoms. The van der Waals surface area contributed by atoms with Crippen molar-refractivity contribution in [2.45, 2.75) is 0 Å². The Morgan fingerprint density at radius 2 is 1.95 bits per heavy atom. The Labute approximate surface area is 122 Å². The molecular weight excluding hydrogens is 327 g/mol. The van der Waals surface area contributed by atoms with Crippen LogP contribution in [0.5, 0.6) is 5.75 Å². The van der Waals surface area contributed by atoms with Gasteiger partial charge in [0, 0.05) is 11.1 Å². The first-order chi connectivity index (χ1) is 9.63. The molecule has 0 saturated heterocycles. The van der Waals surface area contributed by atoms with Gasteiger partial charge in [-0.2, -0.15) is 4.98 Å². The number of aromatic nitrogens is 2. The topological polar surface area (TPSA) is 59.2 Å². The van der Waals surface area contributed by atoms with Crippen molar-refractivity contribution in [1.29, 1.82) is 0 Å². The molecule has 0 fully saturated rings. The third-order valence-electron chi connectivity index (χ3n) is 2.70. The molecule has 100 valence electrons. The maximum Gasteiger partial charge on any atom is 0.258 e. The van der Waals surface area contributed by atoms with Crippen LogP contribution in [-0.4, -0.2) is 15.2 Å². The van der Waals surface area contributed by atoms with Gasteiger partial charge in [-0.1, -0.05) is 17.3 Å². The van der Waals surface area contributed by atoms with E-state index in [1.54, 1.807) is 24.3 Å². The largest absolute Gasteiger partial charge is 0.507 e. The summed E-state index contributed by atoms with van der Waals surface area (Å²) in [6.45, 7) is 0. The van der Waals surface area contributed by atoms with E-state index < -0.39 is 0 Å². The first kappa shape index (κ1) is 12.8. The average molecular weight is 335 g/mol. The zero-order valence-corrected chi connectivity index (χ0v) is 11.6. The number of aromatic hydroxyl groups is 1. The number of phenols is 1. The van der Waals surface area contributed by atoms with Gasteiger partial charge < -0.3 is 9.63 Å². The van der Waals surface area contributed by atoms with Crippen molar-refractivity contribution in [3.8, 4) is 28.6 Å². The second-order valence-electron chi connectivity index (χ2n) is 4.10. The summed E-state index contributed by atoms with van der Waals surface area (Å²) in [5, 5.41) is 13.4. The maximum atomic E-state index is 13.2. The highest BCUT2D eigenvalue weighted by Gasteiger charge is 2.12. The fourth-order valence-electron chi connectivity index (χ4n) is 1.73. The number of hydrogen-bond acceptors (Lipinski definition) is 4. The van der Waals surface area contributed by atoms with Gasteiger partial charge in [0.1, 0.15) is 11.6 Å². The number of rotatable bonds is 2. The number of benzene rings is 2. The highest BCUT2D eigenvalue weighted by atomic mass is 79.9. The highest BCUT2D eigenvalue weighted by Crippen LogP contribution is 2.30. The monoisotopic (exact) mass is 334 g/mol. The number of hydrogen-bond donors (Lipinski definition) is 1. The lowest BCUT2D eigenvalue weighted by atomic mass is 10.2. The summed E-state index contributed by atoms with van der Waals surface area (Å²) >= 11 is 3.19. The van der Waals surface area contributed by atoms with Crippen LogP contribution < -0.4 is 0 Å². The number of phenolic OH excluding ortho intramolecular Hbond substituents is 1. The Balaban J connectivity index is 1.99. The molecule has 0 aliphatic rings. The summed E-state index contributed by atoms with van der Waals surface area (Å²) in [7, 11) is 0. The van der Waals surface area contributed by atoms with E-state index >= 15 is 0 Å². The lowest BCUT2D eigenvalue weighted by molar-refractivity contribution is 0.431. The Hall–Kier alpha value is -2.21. The second-order valence-corrected chi connectivity index (χ2v) is 4.95. The molecule has 0 atom stereocenters. The van der Waals surface area contributed by atoms with E-state index in [2.05, 4.69) is 26.1 Å². The molecule has 3 rings (SSSR count). The Bertz CT molecular complexity index is 773. The molecule has 20 heavy (non-hydrogen) atoms. The van der Waals surface area contributed by atoms with Crippen LogP contribution in [0.1, 0.15) is 0 Å². The van der Waals surface area contributed by atoms with Crippen molar-refractivity contribution in [1.82, 2.24) is 10.1 Å². The van der Waals surface area contributed by atoms with Gasteiger partial charge in [-0.05, 0) is 46.3 Å². The Morgan fingerprint density at radius 3 is 2.70 bits per heavy atom. The SMILES string of the molecule is Oc1cc(-c2nc(-c3cccc(F)c3)no2)ccc1Br. The lowest BCUT2D eigenvalue weighted by Crippen LogP contribution is -1.83. The standard InChI is InChI=1S/C14H8BrFN2O2/c15-11-5-4-9(7-12(11)19)14-17-13(18-20-14)8-2-1-3-10(16)6-8/h1-7,19H. The van der Waals surface area contributed by atoms with Gasteiger partial charge in [-0.25, -0.2) is 4.39 Å². The third kappa shape index (κ3) is 2.42. The predicted octanol–water partition coefficient (Wildman–Crippen LogP) is 4.01. The van der Waals surface area contributed by atoms with Crippen LogP contribution in [0.3, 0.4) is 0 Å². The quantitative estimate of drug-likeness (QED) is 0.769. The molecular formula is C14H8BrFN2O2. The van der Waals surface area contributed by atoms with Gasteiger partial charge in [0.25, 0.3) is 5.89 Å². The average Bonchev–Trinajstić information content (AvgIpc) is 2.92. The molecule has 0 bridgehead atoms. The summed E-state index contributed by atoms with van der Waals surface area (Å²) in [4.78, 5) is 4.19. The molecule has 1 aromatic heterocycles. The number of halogens is 2. The second kappa shape index (κ2) is 5.05. The van der Waals surface area contributed by atoms with Crippen LogP contribution in [-0.2, 0) is 0 Å². The van der Waals surface area contributed by atoms with Gasteiger partial charge >= 0.3 is 0 Å². The van der Waals surface area contributed by atoms with Crippen molar-refractivity contribution in [3.63, 3.8) is 0 Å². The fourth-order valence-corrected chi connectivity index (χ4v) is 1.98.